The third-order valence-electron chi connectivity index (χ3n) is 3.37. The van der Waals surface area contributed by atoms with Gasteiger partial charge in [0.2, 0.25) is 5.91 Å². The Balaban J connectivity index is 1.98. The number of carbonyl (C=O) groups excluding carboxylic acids is 2. The Bertz CT molecular complexity index is 617. The van der Waals surface area contributed by atoms with Crippen molar-refractivity contribution in [2.75, 3.05) is 14.1 Å². The van der Waals surface area contributed by atoms with E-state index < -0.39 is 6.61 Å². The minimum absolute atomic E-state index is 0.0644. The van der Waals surface area contributed by atoms with Crippen LogP contribution in [0.3, 0.4) is 0 Å². The summed E-state index contributed by atoms with van der Waals surface area (Å²) < 4.78 is 28.4. The van der Waals surface area contributed by atoms with Crippen LogP contribution in [-0.2, 0) is 16.1 Å². The molecule has 0 fully saturated rings. The van der Waals surface area contributed by atoms with Gasteiger partial charge in [-0.25, -0.2) is 5.01 Å². The highest BCUT2D eigenvalue weighted by Crippen LogP contribution is 2.16. The molecule has 0 saturated carbocycles. The van der Waals surface area contributed by atoms with E-state index in [-0.39, 0.29) is 24.0 Å². The van der Waals surface area contributed by atoms with Crippen molar-refractivity contribution >= 4 is 17.5 Å². The topological polar surface area (TPSA) is 62.2 Å². The van der Waals surface area contributed by atoms with Crippen LogP contribution in [0.25, 0.3) is 0 Å². The van der Waals surface area contributed by atoms with Gasteiger partial charge in [0.1, 0.15) is 11.5 Å². The van der Waals surface area contributed by atoms with Crippen molar-refractivity contribution in [2.24, 2.45) is 5.10 Å². The van der Waals surface area contributed by atoms with Crippen LogP contribution in [0.15, 0.2) is 29.4 Å². The summed E-state index contributed by atoms with van der Waals surface area (Å²) in [5, 5.41) is 5.15. The fourth-order valence-corrected chi connectivity index (χ4v) is 2.17. The number of hydrogen-bond acceptors (Lipinski definition) is 4. The number of ether oxygens (including phenoxy) is 1. The van der Waals surface area contributed by atoms with E-state index in [2.05, 4.69) is 9.84 Å². The molecular weight excluding hydrogens is 308 g/mol. The number of alkyl halides is 2. The average Bonchev–Trinajstić information content (AvgIpc) is 2.50. The van der Waals surface area contributed by atoms with E-state index >= 15 is 0 Å². The second-order valence-electron chi connectivity index (χ2n) is 5.15. The van der Waals surface area contributed by atoms with E-state index in [1.807, 2.05) is 0 Å². The molecule has 0 N–H and O–H groups in total. The number of amides is 2. The Morgan fingerprint density at radius 1 is 1.35 bits per heavy atom. The monoisotopic (exact) mass is 325 g/mol. The lowest BCUT2D eigenvalue weighted by atomic mass is 10.1. The van der Waals surface area contributed by atoms with Crippen molar-refractivity contribution in [3.8, 4) is 5.75 Å². The summed E-state index contributed by atoms with van der Waals surface area (Å²) in [6, 6.07) is 6.06. The van der Waals surface area contributed by atoms with Crippen molar-refractivity contribution in [3.05, 3.63) is 29.8 Å². The van der Waals surface area contributed by atoms with E-state index in [0.717, 1.165) is 5.56 Å². The first-order chi connectivity index (χ1) is 10.9. The normalized spacial score (nSPS) is 14.7. The SMILES string of the molecule is CN(Cc1ccc(OC(F)F)cc1)C(=O)C1=NN(C)C(=O)CC1. The zero-order valence-electron chi connectivity index (χ0n) is 12.8. The predicted octanol–water partition coefficient (Wildman–Crippen LogP) is 1.85. The van der Waals surface area contributed by atoms with Crippen LogP contribution >= 0.6 is 0 Å². The van der Waals surface area contributed by atoms with Gasteiger partial charge in [-0.1, -0.05) is 12.1 Å². The molecule has 0 unspecified atom stereocenters. The number of halogens is 2. The van der Waals surface area contributed by atoms with Gasteiger partial charge in [0, 0.05) is 33.5 Å². The van der Waals surface area contributed by atoms with Crippen LogP contribution in [0.2, 0.25) is 0 Å². The van der Waals surface area contributed by atoms with Crippen LogP contribution in [0.5, 0.6) is 5.75 Å². The Labute approximate surface area is 132 Å². The molecule has 0 aromatic heterocycles. The second kappa shape index (κ2) is 7.17. The number of nitrogens with zero attached hydrogens (tertiary/aromatic N) is 3. The van der Waals surface area contributed by atoms with Crippen LogP contribution in [0.4, 0.5) is 8.78 Å². The van der Waals surface area contributed by atoms with Crippen molar-refractivity contribution in [1.29, 1.82) is 0 Å². The smallest absolute Gasteiger partial charge is 0.387 e. The van der Waals surface area contributed by atoms with Crippen LogP contribution in [0, 0.1) is 0 Å². The van der Waals surface area contributed by atoms with Gasteiger partial charge in [-0.3, -0.25) is 9.59 Å². The van der Waals surface area contributed by atoms with E-state index in [4.69, 9.17) is 0 Å². The van der Waals surface area contributed by atoms with Gasteiger partial charge in [-0.05, 0) is 17.7 Å². The number of hydrazone groups is 1. The van der Waals surface area contributed by atoms with Gasteiger partial charge < -0.3 is 9.64 Å². The van der Waals surface area contributed by atoms with Crippen molar-refractivity contribution in [3.63, 3.8) is 0 Å². The largest absolute Gasteiger partial charge is 0.435 e. The Morgan fingerprint density at radius 2 is 2.00 bits per heavy atom. The first-order valence-corrected chi connectivity index (χ1v) is 7.00. The molecule has 0 spiro atoms. The maximum atomic E-state index is 12.3. The molecule has 1 aromatic carbocycles. The summed E-state index contributed by atoms with van der Waals surface area (Å²) in [6.45, 7) is -2.57. The number of hydrogen-bond donors (Lipinski definition) is 0. The summed E-state index contributed by atoms with van der Waals surface area (Å²) in [6.07, 6.45) is 0.572. The highest BCUT2D eigenvalue weighted by molar-refractivity contribution is 6.39. The quantitative estimate of drug-likeness (QED) is 0.830. The molecule has 0 aliphatic carbocycles. The number of carbonyl (C=O) groups is 2. The number of benzene rings is 1. The minimum Gasteiger partial charge on any atom is -0.435 e. The van der Waals surface area contributed by atoms with Gasteiger partial charge in [-0.2, -0.15) is 13.9 Å². The minimum atomic E-state index is -2.87. The molecule has 0 bridgehead atoms. The zero-order valence-corrected chi connectivity index (χ0v) is 12.8. The summed E-state index contributed by atoms with van der Waals surface area (Å²) >= 11 is 0. The van der Waals surface area contributed by atoms with Gasteiger partial charge in [0.15, 0.2) is 0 Å². The van der Waals surface area contributed by atoms with Gasteiger partial charge in [0.25, 0.3) is 5.91 Å². The Kier molecular flexibility index (Phi) is 5.25. The fraction of sp³-hybridized carbons (Fsp3) is 0.400. The molecule has 0 atom stereocenters. The molecule has 1 heterocycles. The first-order valence-electron chi connectivity index (χ1n) is 7.00. The highest BCUT2D eigenvalue weighted by Gasteiger charge is 2.24. The van der Waals surface area contributed by atoms with Crippen LogP contribution in [-0.4, -0.2) is 48.1 Å². The van der Waals surface area contributed by atoms with Gasteiger partial charge in [0.05, 0.1) is 0 Å². The Hall–Kier alpha value is -2.51. The molecule has 1 aromatic rings. The second-order valence-corrected chi connectivity index (χ2v) is 5.15. The summed E-state index contributed by atoms with van der Waals surface area (Å²) in [4.78, 5) is 25.1. The molecule has 124 valence electrons. The summed E-state index contributed by atoms with van der Waals surface area (Å²) in [5.41, 5.74) is 1.09. The lowest BCUT2D eigenvalue weighted by Gasteiger charge is -2.23. The molecule has 1 aliphatic rings. The molecule has 0 radical (unpaired) electrons. The maximum Gasteiger partial charge on any atom is 0.387 e. The molecule has 2 rings (SSSR count). The lowest BCUT2D eigenvalue weighted by molar-refractivity contribution is -0.130. The predicted molar refractivity (Wildman–Crippen MR) is 79.0 cm³/mol. The van der Waals surface area contributed by atoms with E-state index in [0.29, 0.717) is 18.7 Å². The molecule has 1 aliphatic heterocycles. The summed E-state index contributed by atoms with van der Waals surface area (Å²) in [7, 11) is 3.13. The molecular formula is C15H17F2N3O3. The third-order valence-corrected chi connectivity index (χ3v) is 3.37. The van der Waals surface area contributed by atoms with E-state index in [9.17, 15) is 18.4 Å². The van der Waals surface area contributed by atoms with Gasteiger partial charge >= 0.3 is 6.61 Å². The van der Waals surface area contributed by atoms with Gasteiger partial charge in [-0.15, -0.1) is 0 Å². The average molecular weight is 325 g/mol. The van der Waals surface area contributed by atoms with Crippen molar-refractivity contribution in [2.45, 2.75) is 26.0 Å². The first kappa shape index (κ1) is 16.9. The molecule has 23 heavy (non-hydrogen) atoms. The van der Waals surface area contributed by atoms with Crippen LogP contribution in [0.1, 0.15) is 18.4 Å². The molecule has 8 heteroatoms. The lowest BCUT2D eigenvalue weighted by Crippen LogP contribution is -2.38. The maximum absolute atomic E-state index is 12.3. The molecule has 2 amide bonds. The van der Waals surface area contributed by atoms with E-state index in [1.54, 1.807) is 19.2 Å². The van der Waals surface area contributed by atoms with Crippen LogP contribution < -0.4 is 4.74 Å². The Morgan fingerprint density at radius 3 is 2.57 bits per heavy atom. The third kappa shape index (κ3) is 4.48. The van der Waals surface area contributed by atoms with Crippen molar-refractivity contribution < 1.29 is 23.1 Å². The molecule has 6 nitrogen and oxygen atoms in total. The molecule has 0 saturated heterocycles. The highest BCUT2D eigenvalue weighted by atomic mass is 19.3. The van der Waals surface area contributed by atoms with Crippen molar-refractivity contribution in [1.82, 2.24) is 9.91 Å². The van der Waals surface area contributed by atoms with E-state index in [1.165, 1.54) is 29.1 Å². The fourth-order valence-electron chi connectivity index (χ4n) is 2.17. The summed E-state index contributed by atoms with van der Waals surface area (Å²) in [5.74, 6) is -0.328. The standard InChI is InChI=1S/C15H17F2N3O3/c1-19(14(22)12-7-8-13(21)20(2)18-12)9-10-3-5-11(6-4-10)23-15(16)17/h3-6,15H,7-9H2,1-2H3. The zero-order chi connectivity index (χ0) is 17.0. The number of rotatable bonds is 5.